The number of aliphatic imine (C=N–C) groups is 1. The number of guanidine groups is 1. The molecule has 6 heteroatoms. The molecule has 1 aliphatic heterocycles. The number of nitrogens with zero attached hydrogens (tertiary/aromatic N) is 2. The van der Waals surface area contributed by atoms with Gasteiger partial charge in [-0.1, -0.05) is 30.3 Å². The van der Waals surface area contributed by atoms with E-state index in [1.165, 1.54) is 17.8 Å². The minimum absolute atomic E-state index is 0.203. The van der Waals surface area contributed by atoms with E-state index in [0.717, 1.165) is 44.0 Å². The van der Waals surface area contributed by atoms with E-state index < -0.39 is 0 Å². The Morgan fingerprint density at radius 2 is 1.83 bits per heavy atom. The quantitative estimate of drug-likeness (QED) is 0.551. The monoisotopic (exact) mass is 398 g/mol. The Kier molecular flexibility index (Phi) is 7.87. The molecule has 1 fully saturated rings. The average Bonchev–Trinajstić information content (AvgIpc) is 2.76. The number of rotatable bonds is 7. The van der Waals surface area contributed by atoms with E-state index in [0.29, 0.717) is 12.6 Å². The zero-order valence-electron chi connectivity index (χ0n) is 17.3. The van der Waals surface area contributed by atoms with Gasteiger partial charge in [0.25, 0.3) is 0 Å². The fourth-order valence-corrected chi connectivity index (χ4v) is 3.60. The molecule has 2 aromatic rings. The molecule has 1 heterocycles. The van der Waals surface area contributed by atoms with Gasteiger partial charge in [-0.2, -0.15) is 0 Å². The average molecular weight is 399 g/mol. The molecule has 0 amide bonds. The predicted molar refractivity (Wildman–Crippen MR) is 117 cm³/mol. The topological polar surface area (TPSA) is 48.9 Å². The molecule has 0 saturated carbocycles. The van der Waals surface area contributed by atoms with Crippen LogP contribution in [0.2, 0.25) is 0 Å². The van der Waals surface area contributed by atoms with Crippen molar-refractivity contribution < 1.29 is 9.13 Å². The molecule has 5 nitrogen and oxygen atoms in total. The van der Waals surface area contributed by atoms with Gasteiger partial charge in [0.15, 0.2) is 5.96 Å². The highest BCUT2D eigenvalue weighted by atomic mass is 19.1. The van der Waals surface area contributed by atoms with Gasteiger partial charge < -0.3 is 20.3 Å². The Labute approximate surface area is 173 Å². The third-order valence-corrected chi connectivity index (χ3v) is 5.24. The van der Waals surface area contributed by atoms with Crippen molar-refractivity contribution in [1.82, 2.24) is 10.6 Å². The second-order valence-electron chi connectivity index (χ2n) is 7.24. The molecule has 0 bridgehead atoms. The van der Waals surface area contributed by atoms with E-state index >= 15 is 0 Å². The summed E-state index contributed by atoms with van der Waals surface area (Å²) in [5, 5.41) is 6.89. The largest absolute Gasteiger partial charge is 0.375 e. The van der Waals surface area contributed by atoms with Crippen LogP contribution >= 0.6 is 0 Å². The lowest BCUT2D eigenvalue weighted by atomic mass is 10.0. The molecule has 156 valence electrons. The third kappa shape index (κ3) is 6.19. The van der Waals surface area contributed by atoms with E-state index in [1.807, 2.05) is 0 Å². The fraction of sp³-hybridized carbons (Fsp3) is 0.435. The first-order valence-electron chi connectivity index (χ1n) is 10.3. The van der Waals surface area contributed by atoms with Crippen molar-refractivity contribution in [3.8, 4) is 0 Å². The van der Waals surface area contributed by atoms with E-state index in [4.69, 9.17) is 9.73 Å². The van der Waals surface area contributed by atoms with Crippen molar-refractivity contribution in [2.45, 2.75) is 31.9 Å². The highest BCUT2D eigenvalue weighted by molar-refractivity contribution is 5.80. The number of methoxy groups -OCH3 is 1. The van der Waals surface area contributed by atoms with Crippen LogP contribution in [0, 0.1) is 5.82 Å². The second-order valence-corrected chi connectivity index (χ2v) is 7.24. The number of ether oxygens (including phenoxy) is 1. The Hall–Kier alpha value is -2.60. The summed E-state index contributed by atoms with van der Waals surface area (Å²) >= 11 is 0. The number of para-hydroxylation sites is 1. The summed E-state index contributed by atoms with van der Waals surface area (Å²) in [6.45, 7) is 5.38. The molecular weight excluding hydrogens is 367 g/mol. The van der Waals surface area contributed by atoms with Crippen LogP contribution in [0.4, 0.5) is 10.1 Å². The highest BCUT2D eigenvalue weighted by Gasteiger charge is 2.20. The summed E-state index contributed by atoms with van der Waals surface area (Å²) in [7, 11) is 1.66. The number of halogens is 1. The van der Waals surface area contributed by atoms with Crippen LogP contribution < -0.4 is 15.5 Å². The maximum Gasteiger partial charge on any atom is 0.191 e. The zero-order valence-corrected chi connectivity index (χ0v) is 17.3. The summed E-state index contributed by atoms with van der Waals surface area (Å²) in [6, 6.07) is 17.3. The van der Waals surface area contributed by atoms with Crippen LogP contribution in [0.1, 0.15) is 31.4 Å². The molecule has 0 aromatic heterocycles. The van der Waals surface area contributed by atoms with Crippen LogP contribution in [-0.4, -0.2) is 45.3 Å². The Balaban J connectivity index is 1.56. The fourth-order valence-electron chi connectivity index (χ4n) is 3.60. The maximum atomic E-state index is 13.2. The van der Waals surface area contributed by atoms with Crippen molar-refractivity contribution in [1.29, 1.82) is 0 Å². The van der Waals surface area contributed by atoms with Gasteiger partial charge >= 0.3 is 0 Å². The predicted octanol–water partition coefficient (Wildman–Crippen LogP) is 3.74. The zero-order chi connectivity index (χ0) is 20.5. The Bertz CT molecular complexity index is 758. The van der Waals surface area contributed by atoms with Crippen molar-refractivity contribution >= 4 is 11.6 Å². The van der Waals surface area contributed by atoms with Gasteiger partial charge in [0, 0.05) is 38.5 Å². The smallest absolute Gasteiger partial charge is 0.191 e. The van der Waals surface area contributed by atoms with Crippen LogP contribution in [0.15, 0.2) is 59.6 Å². The number of hydrogen-bond donors (Lipinski definition) is 2. The molecule has 0 radical (unpaired) electrons. The lowest BCUT2D eigenvalue weighted by Gasteiger charge is -2.34. The Morgan fingerprint density at radius 3 is 2.45 bits per heavy atom. The SMILES string of the molecule is CCNC(=NCC(OC)c1ccc(F)cc1)NC1CCN(c2ccccc2)CC1. The van der Waals surface area contributed by atoms with Gasteiger partial charge in [-0.05, 0) is 49.6 Å². The minimum atomic E-state index is -0.246. The van der Waals surface area contributed by atoms with Crippen molar-refractivity contribution in [2.75, 3.05) is 38.2 Å². The third-order valence-electron chi connectivity index (χ3n) is 5.24. The molecule has 1 aliphatic rings. The first kappa shape index (κ1) is 21.1. The van der Waals surface area contributed by atoms with Gasteiger partial charge in [-0.25, -0.2) is 4.39 Å². The van der Waals surface area contributed by atoms with Gasteiger partial charge in [0.2, 0.25) is 0 Å². The number of piperidine rings is 1. The summed E-state index contributed by atoms with van der Waals surface area (Å²) < 4.78 is 18.7. The number of benzene rings is 2. The van der Waals surface area contributed by atoms with Crippen LogP contribution in [0.25, 0.3) is 0 Å². The van der Waals surface area contributed by atoms with Crippen molar-refractivity contribution in [2.24, 2.45) is 4.99 Å². The van der Waals surface area contributed by atoms with Crippen LogP contribution in [0.3, 0.4) is 0 Å². The molecule has 2 N–H and O–H groups in total. The molecule has 1 atom stereocenters. The van der Waals surface area contributed by atoms with Crippen molar-refractivity contribution in [3.63, 3.8) is 0 Å². The minimum Gasteiger partial charge on any atom is -0.375 e. The molecule has 0 aliphatic carbocycles. The highest BCUT2D eigenvalue weighted by Crippen LogP contribution is 2.20. The van der Waals surface area contributed by atoms with E-state index in [-0.39, 0.29) is 11.9 Å². The first-order chi connectivity index (χ1) is 14.2. The second kappa shape index (κ2) is 10.8. The first-order valence-corrected chi connectivity index (χ1v) is 10.3. The lowest BCUT2D eigenvalue weighted by molar-refractivity contribution is 0.111. The molecular formula is C23H31FN4O. The Morgan fingerprint density at radius 1 is 1.14 bits per heavy atom. The summed E-state index contributed by atoms with van der Waals surface area (Å²) in [5.74, 6) is 0.554. The van der Waals surface area contributed by atoms with E-state index in [2.05, 4.69) is 52.8 Å². The molecule has 29 heavy (non-hydrogen) atoms. The molecule has 3 rings (SSSR count). The summed E-state index contributed by atoms with van der Waals surface area (Å²) in [5.41, 5.74) is 2.21. The van der Waals surface area contributed by atoms with Crippen LogP contribution in [-0.2, 0) is 4.74 Å². The normalized spacial score (nSPS) is 16.5. The van der Waals surface area contributed by atoms with Crippen LogP contribution in [0.5, 0.6) is 0 Å². The molecule has 0 spiro atoms. The maximum absolute atomic E-state index is 13.2. The summed E-state index contributed by atoms with van der Waals surface area (Å²) in [4.78, 5) is 7.15. The van der Waals surface area contributed by atoms with Gasteiger partial charge in [0.05, 0.1) is 6.54 Å². The summed E-state index contributed by atoms with van der Waals surface area (Å²) in [6.07, 6.45) is 1.92. The van der Waals surface area contributed by atoms with Gasteiger partial charge in [-0.3, -0.25) is 4.99 Å². The molecule has 2 aromatic carbocycles. The van der Waals surface area contributed by atoms with Gasteiger partial charge in [-0.15, -0.1) is 0 Å². The van der Waals surface area contributed by atoms with Gasteiger partial charge in [0.1, 0.15) is 11.9 Å². The molecule has 1 unspecified atom stereocenters. The van der Waals surface area contributed by atoms with E-state index in [9.17, 15) is 4.39 Å². The number of anilines is 1. The number of nitrogens with one attached hydrogen (secondary N) is 2. The lowest BCUT2D eigenvalue weighted by Crippen LogP contribution is -2.48. The molecule has 1 saturated heterocycles. The standard InChI is InChI=1S/C23H31FN4O/c1-3-25-23(26-17-22(29-2)18-9-11-19(24)12-10-18)27-20-13-15-28(16-14-20)21-7-5-4-6-8-21/h4-12,20,22H,3,13-17H2,1-2H3,(H2,25,26,27). The number of hydrogen-bond acceptors (Lipinski definition) is 3. The van der Waals surface area contributed by atoms with E-state index in [1.54, 1.807) is 19.2 Å². The van der Waals surface area contributed by atoms with Crippen molar-refractivity contribution in [3.05, 3.63) is 66.0 Å².